The number of ether oxygens (including phenoxy) is 1. The second-order valence-corrected chi connectivity index (χ2v) is 5.02. The molecule has 4 heteroatoms. The van der Waals surface area contributed by atoms with Crippen LogP contribution in [0.4, 0.5) is 10.1 Å². The minimum absolute atomic E-state index is 0.204. The largest absolute Gasteiger partial charge is 0.389 e. The van der Waals surface area contributed by atoms with Crippen molar-refractivity contribution in [3.63, 3.8) is 0 Å². The fraction of sp³-hybridized carbons (Fsp3) is 0.294. The lowest BCUT2D eigenvalue weighted by molar-refractivity contribution is 0.0348. The van der Waals surface area contributed by atoms with E-state index < -0.39 is 6.10 Å². The Bertz CT molecular complexity index is 560. The van der Waals surface area contributed by atoms with Gasteiger partial charge in [-0.1, -0.05) is 36.4 Å². The number of rotatable bonds is 7. The average molecular weight is 289 g/mol. The lowest BCUT2D eigenvalue weighted by Gasteiger charge is -2.14. The number of nitrogens with one attached hydrogen (secondary N) is 1. The highest BCUT2D eigenvalue weighted by Gasteiger charge is 2.07. The molecular weight excluding hydrogens is 269 g/mol. The molecular formula is C17H20FNO2. The first-order chi connectivity index (χ1) is 10.1. The third kappa shape index (κ3) is 5.17. The van der Waals surface area contributed by atoms with Crippen LogP contribution in [-0.4, -0.2) is 24.4 Å². The Balaban J connectivity index is 1.72. The van der Waals surface area contributed by atoms with E-state index in [1.807, 2.05) is 37.3 Å². The van der Waals surface area contributed by atoms with E-state index in [9.17, 15) is 9.50 Å². The van der Waals surface area contributed by atoms with Crippen LogP contribution in [0.1, 0.15) is 11.1 Å². The Kier molecular flexibility index (Phi) is 5.72. The summed E-state index contributed by atoms with van der Waals surface area (Å²) in [5.74, 6) is -0.321. The van der Waals surface area contributed by atoms with Gasteiger partial charge in [-0.25, -0.2) is 4.39 Å². The van der Waals surface area contributed by atoms with E-state index in [1.165, 1.54) is 6.07 Å². The lowest BCUT2D eigenvalue weighted by atomic mass is 10.2. The molecule has 0 bridgehead atoms. The van der Waals surface area contributed by atoms with Crippen molar-refractivity contribution in [3.8, 4) is 0 Å². The quantitative estimate of drug-likeness (QED) is 0.823. The van der Waals surface area contributed by atoms with Gasteiger partial charge in [0, 0.05) is 6.54 Å². The average Bonchev–Trinajstić information content (AvgIpc) is 2.49. The predicted molar refractivity (Wildman–Crippen MR) is 81.7 cm³/mol. The summed E-state index contributed by atoms with van der Waals surface area (Å²) in [7, 11) is 0. The zero-order chi connectivity index (χ0) is 15.1. The minimum atomic E-state index is -0.686. The summed E-state index contributed by atoms with van der Waals surface area (Å²) < 4.78 is 19.0. The molecule has 0 fully saturated rings. The van der Waals surface area contributed by atoms with Crippen molar-refractivity contribution in [1.29, 1.82) is 0 Å². The fourth-order valence-electron chi connectivity index (χ4n) is 1.95. The van der Waals surface area contributed by atoms with Crippen LogP contribution in [0.15, 0.2) is 48.5 Å². The molecule has 0 aliphatic rings. The molecule has 2 rings (SSSR count). The molecule has 1 unspecified atom stereocenters. The molecule has 0 aliphatic carbocycles. The molecule has 3 nitrogen and oxygen atoms in total. The van der Waals surface area contributed by atoms with Gasteiger partial charge in [-0.2, -0.15) is 0 Å². The Hall–Kier alpha value is -1.91. The standard InChI is InChI=1S/C17H20FNO2/c1-13-7-8-16(18)17(9-13)19-10-15(20)12-21-11-14-5-3-2-4-6-14/h2-9,15,19-20H,10-12H2,1H3. The van der Waals surface area contributed by atoms with E-state index in [0.717, 1.165) is 11.1 Å². The van der Waals surface area contributed by atoms with Gasteiger partial charge in [0.1, 0.15) is 5.82 Å². The summed E-state index contributed by atoms with van der Waals surface area (Å²) in [6.07, 6.45) is -0.686. The summed E-state index contributed by atoms with van der Waals surface area (Å²) in [6, 6.07) is 14.6. The van der Waals surface area contributed by atoms with Gasteiger partial charge in [0.15, 0.2) is 0 Å². The van der Waals surface area contributed by atoms with Gasteiger partial charge in [0.2, 0.25) is 0 Å². The summed E-state index contributed by atoms with van der Waals surface area (Å²) in [6.45, 7) is 2.80. The number of hydrogen-bond acceptors (Lipinski definition) is 3. The van der Waals surface area contributed by atoms with Crippen LogP contribution in [0.5, 0.6) is 0 Å². The summed E-state index contributed by atoms with van der Waals surface area (Å²) in [5.41, 5.74) is 2.42. The van der Waals surface area contributed by atoms with E-state index >= 15 is 0 Å². The van der Waals surface area contributed by atoms with Crippen LogP contribution in [0.2, 0.25) is 0 Å². The molecule has 0 radical (unpaired) electrons. The molecule has 2 N–H and O–H groups in total. The molecule has 1 atom stereocenters. The first-order valence-electron chi connectivity index (χ1n) is 6.95. The first kappa shape index (κ1) is 15.5. The molecule has 112 valence electrons. The number of anilines is 1. The zero-order valence-electron chi connectivity index (χ0n) is 12.1. The maximum Gasteiger partial charge on any atom is 0.146 e. The zero-order valence-corrected chi connectivity index (χ0v) is 12.1. The molecule has 0 saturated carbocycles. The van der Waals surface area contributed by atoms with Gasteiger partial charge in [0.05, 0.1) is 25.0 Å². The van der Waals surface area contributed by atoms with Crippen LogP contribution >= 0.6 is 0 Å². The van der Waals surface area contributed by atoms with Gasteiger partial charge in [0.25, 0.3) is 0 Å². The van der Waals surface area contributed by atoms with Gasteiger partial charge >= 0.3 is 0 Å². The Morgan fingerprint density at radius 3 is 2.71 bits per heavy atom. The maximum atomic E-state index is 13.5. The SMILES string of the molecule is Cc1ccc(F)c(NCC(O)COCc2ccccc2)c1. The molecule has 0 aliphatic heterocycles. The molecule has 2 aromatic carbocycles. The molecule has 0 spiro atoms. The summed E-state index contributed by atoms with van der Waals surface area (Å²) >= 11 is 0. The monoisotopic (exact) mass is 289 g/mol. The highest BCUT2D eigenvalue weighted by Crippen LogP contribution is 2.15. The van der Waals surface area contributed by atoms with Crippen LogP contribution in [0, 0.1) is 12.7 Å². The smallest absolute Gasteiger partial charge is 0.146 e. The summed E-state index contributed by atoms with van der Waals surface area (Å²) in [4.78, 5) is 0. The van der Waals surface area contributed by atoms with E-state index in [1.54, 1.807) is 12.1 Å². The van der Waals surface area contributed by atoms with E-state index in [0.29, 0.717) is 12.3 Å². The number of aryl methyl sites for hydroxylation is 1. The van der Waals surface area contributed by atoms with Crippen LogP contribution in [0.25, 0.3) is 0 Å². The fourth-order valence-corrected chi connectivity index (χ4v) is 1.95. The normalized spacial score (nSPS) is 12.1. The van der Waals surface area contributed by atoms with Crippen molar-refractivity contribution in [2.24, 2.45) is 0 Å². The molecule has 0 aromatic heterocycles. The van der Waals surface area contributed by atoms with Crippen LogP contribution in [-0.2, 0) is 11.3 Å². The van der Waals surface area contributed by atoms with Gasteiger partial charge in [-0.3, -0.25) is 0 Å². The summed E-state index contributed by atoms with van der Waals surface area (Å²) in [5, 5.41) is 12.7. The Morgan fingerprint density at radius 1 is 1.19 bits per heavy atom. The molecule has 2 aromatic rings. The third-order valence-corrected chi connectivity index (χ3v) is 3.07. The lowest BCUT2D eigenvalue weighted by Crippen LogP contribution is -2.25. The van der Waals surface area contributed by atoms with Crippen molar-refractivity contribution < 1.29 is 14.2 Å². The number of halogens is 1. The van der Waals surface area contributed by atoms with Crippen molar-refractivity contribution in [2.75, 3.05) is 18.5 Å². The molecule has 0 amide bonds. The number of benzene rings is 2. The van der Waals surface area contributed by atoms with E-state index in [4.69, 9.17) is 4.74 Å². The van der Waals surface area contributed by atoms with E-state index in [-0.39, 0.29) is 19.0 Å². The first-order valence-corrected chi connectivity index (χ1v) is 6.95. The topological polar surface area (TPSA) is 41.5 Å². The number of aliphatic hydroxyl groups excluding tert-OH is 1. The maximum absolute atomic E-state index is 13.5. The Morgan fingerprint density at radius 2 is 1.95 bits per heavy atom. The number of aliphatic hydroxyl groups is 1. The second-order valence-electron chi connectivity index (χ2n) is 5.02. The van der Waals surface area contributed by atoms with Gasteiger partial charge < -0.3 is 15.2 Å². The second kappa shape index (κ2) is 7.76. The predicted octanol–water partition coefficient (Wildman–Crippen LogP) is 3.12. The van der Waals surface area contributed by atoms with Crippen molar-refractivity contribution in [1.82, 2.24) is 0 Å². The van der Waals surface area contributed by atoms with E-state index in [2.05, 4.69) is 5.32 Å². The van der Waals surface area contributed by atoms with Gasteiger partial charge in [-0.05, 0) is 30.2 Å². The van der Waals surface area contributed by atoms with Crippen molar-refractivity contribution in [3.05, 3.63) is 65.5 Å². The Labute approximate surface area is 124 Å². The van der Waals surface area contributed by atoms with Gasteiger partial charge in [-0.15, -0.1) is 0 Å². The minimum Gasteiger partial charge on any atom is -0.389 e. The molecule has 0 heterocycles. The molecule has 21 heavy (non-hydrogen) atoms. The molecule has 0 saturated heterocycles. The number of hydrogen-bond donors (Lipinski definition) is 2. The highest BCUT2D eigenvalue weighted by molar-refractivity contribution is 5.47. The third-order valence-electron chi connectivity index (χ3n) is 3.07. The van der Waals surface area contributed by atoms with Crippen molar-refractivity contribution in [2.45, 2.75) is 19.6 Å². The highest BCUT2D eigenvalue weighted by atomic mass is 19.1. The van der Waals surface area contributed by atoms with Crippen molar-refractivity contribution >= 4 is 5.69 Å². The van der Waals surface area contributed by atoms with Crippen LogP contribution in [0.3, 0.4) is 0 Å². The van der Waals surface area contributed by atoms with Crippen LogP contribution < -0.4 is 5.32 Å².